The number of carbonyl (C=O) groups is 1. The molecule has 2 aromatic rings. The highest BCUT2D eigenvalue weighted by molar-refractivity contribution is 5.88. The molecule has 0 spiro atoms. The second-order valence-electron chi connectivity index (χ2n) is 4.40. The summed E-state index contributed by atoms with van der Waals surface area (Å²) >= 11 is 0. The molecule has 1 N–H and O–H groups in total. The van der Waals surface area contributed by atoms with E-state index in [-0.39, 0.29) is 12.4 Å². The largest absolute Gasteiger partial charge is 0.478 e. The Hall–Kier alpha value is -2.69. The van der Waals surface area contributed by atoms with Crippen molar-refractivity contribution < 1.29 is 24.1 Å². The van der Waals surface area contributed by atoms with Gasteiger partial charge in [-0.1, -0.05) is 6.07 Å². The van der Waals surface area contributed by atoms with Crippen LogP contribution in [0.5, 0.6) is 23.0 Å². The molecular formula is C15H12O5. The molecule has 0 saturated heterocycles. The molecule has 0 amide bonds. The van der Waals surface area contributed by atoms with Gasteiger partial charge in [-0.05, 0) is 36.8 Å². The first-order valence-corrected chi connectivity index (χ1v) is 6.05. The monoisotopic (exact) mass is 272 g/mol. The van der Waals surface area contributed by atoms with Gasteiger partial charge in [-0.2, -0.15) is 0 Å². The molecule has 0 unspecified atom stereocenters. The summed E-state index contributed by atoms with van der Waals surface area (Å²) < 4.78 is 16.2. The van der Waals surface area contributed by atoms with Gasteiger partial charge in [0.05, 0.1) is 5.56 Å². The Morgan fingerprint density at radius 3 is 2.75 bits per heavy atom. The van der Waals surface area contributed by atoms with E-state index >= 15 is 0 Å². The number of fused-ring (bicyclic) bond motifs is 1. The summed E-state index contributed by atoms with van der Waals surface area (Å²) in [6, 6.07) is 9.99. The molecule has 20 heavy (non-hydrogen) atoms. The summed E-state index contributed by atoms with van der Waals surface area (Å²) in [6.07, 6.45) is 0. The lowest BCUT2D eigenvalue weighted by atomic mass is 10.1. The standard InChI is InChI=1S/C15H12O5/c1-9-2-3-10(15(16)17)6-13(9)20-11-4-5-12-14(7-11)19-8-18-12/h2-7H,8H2,1H3,(H,16,17). The number of carboxylic acid groups (broad SMARTS) is 1. The van der Waals surface area contributed by atoms with Crippen LogP contribution in [-0.2, 0) is 0 Å². The molecule has 2 aromatic carbocycles. The van der Waals surface area contributed by atoms with Gasteiger partial charge < -0.3 is 19.3 Å². The quantitative estimate of drug-likeness (QED) is 0.929. The number of aromatic carboxylic acids is 1. The molecule has 1 aliphatic heterocycles. The molecule has 5 nitrogen and oxygen atoms in total. The first-order chi connectivity index (χ1) is 9.63. The third-order valence-electron chi connectivity index (χ3n) is 3.01. The SMILES string of the molecule is Cc1ccc(C(=O)O)cc1Oc1ccc2c(c1)OCO2. The first-order valence-electron chi connectivity index (χ1n) is 6.05. The molecule has 0 saturated carbocycles. The number of ether oxygens (including phenoxy) is 3. The fourth-order valence-electron chi connectivity index (χ4n) is 1.91. The highest BCUT2D eigenvalue weighted by Crippen LogP contribution is 2.37. The van der Waals surface area contributed by atoms with Crippen LogP contribution in [0.25, 0.3) is 0 Å². The van der Waals surface area contributed by atoms with Gasteiger partial charge >= 0.3 is 5.97 Å². The Bertz CT molecular complexity index is 678. The first kappa shape index (κ1) is 12.3. The van der Waals surface area contributed by atoms with Crippen molar-refractivity contribution in [2.45, 2.75) is 6.92 Å². The van der Waals surface area contributed by atoms with E-state index in [1.807, 2.05) is 6.92 Å². The van der Waals surface area contributed by atoms with Gasteiger partial charge in [0.2, 0.25) is 6.79 Å². The van der Waals surface area contributed by atoms with Crippen molar-refractivity contribution in [1.82, 2.24) is 0 Å². The van der Waals surface area contributed by atoms with E-state index < -0.39 is 5.97 Å². The van der Waals surface area contributed by atoms with E-state index in [2.05, 4.69) is 0 Å². The van der Waals surface area contributed by atoms with Gasteiger partial charge in [-0.3, -0.25) is 0 Å². The van der Waals surface area contributed by atoms with Gasteiger partial charge in [0.15, 0.2) is 11.5 Å². The van der Waals surface area contributed by atoms with Crippen LogP contribution in [0.4, 0.5) is 0 Å². The topological polar surface area (TPSA) is 65.0 Å². The predicted octanol–water partition coefficient (Wildman–Crippen LogP) is 3.21. The molecule has 0 fully saturated rings. The molecule has 0 aliphatic carbocycles. The molecule has 102 valence electrons. The van der Waals surface area contributed by atoms with E-state index in [4.69, 9.17) is 19.3 Å². The summed E-state index contributed by atoms with van der Waals surface area (Å²) in [6.45, 7) is 2.06. The van der Waals surface area contributed by atoms with Crippen LogP contribution >= 0.6 is 0 Å². The lowest BCUT2D eigenvalue weighted by Crippen LogP contribution is -1.97. The van der Waals surface area contributed by atoms with Crippen molar-refractivity contribution in [3.05, 3.63) is 47.5 Å². The van der Waals surface area contributed by atoms with Gasteiger partial charge in [-0.25, -0.2) is 4.79 Å². The lowest BCUT2D eigenvalue weighted by Gasteiger charge is -2.10. The van der Waals surface area contributed by atoms with Crippen molar-refractivity contribution >= 4 is 5.97 Å². The molecule has 0 radical (unpaired) electrons. The van der Waals surface area contributed by atoms with Crippen molar-refractivity contribution in [3.8, 4) is 23.0 Å². The second kappa shape index (κ2) is 4.77. The van der Waals surface area contributed by atoms with Gasteiger partial charge in [-0.15, -0.1) is 0 Å². The van der Waals surface area contributed by atoms with E-state index in [1.54, 1.807) is 30.3 Å². The zero-order valence-electron chi connectivity index (χ0n) is 10.8. The summed E-state index contributed by atoms with van der Waals surface area (Å²) in [5, 5.41) is 9.00. The highest BCUT2D eigenvalue weighted by atomic mass is 16.7. The summed E-state index contributed by atoms with van der Waals surface area (Å²) in [7, 11) is 0. The average molecular weight is 272 g/mol. The maximum atomic E-state index is 11.0. The second-order valence-corrected chi connectivity index (χ2v) is 4.40. The molecule has 1 heterocycles. The third-order valence-corrected chi connectivity index (χ3v) is 3.01. The fourth-order valence-corrected chi connectivity index (χ4v) is 1.91. The van der Waals surface area contributed by atoms with Crippen LogP contribution in [-0.4, -0.2) is 17.9 Å². The molecule has 0 atom stereocenters. The maximum Gasteiger partial charge on any atom is 0.335 e. The zero-order valence-corrected chi connectivity index (χ0v) is 10.8. The number of hydrogen-bond donors (Lipinski definition) is 1. The van der Waals surface area contributed by atoms with E-state index in [9.17, 15) is 4.79 Å². The van der Waals surface area contributed by atoms with Gasteiger partial charge in [0.25, 0.3) is 0 Å². The molecular weight excluding hydrogens is 260 g/mol. The maximum absolute atomic E-state index is 11.0. The Morgan fingerprint density at radius 2 is 1.95 bits per heavy atom. The minimum absolute atomic E-state index is 0.186. The smallest absolute Gasteiger partial charge is 0.335 e. The number of carboxylic acids is 1. The van der Waals surface area contributed by atoms with Crippen LogP contribution < -0.4 is 14.2 Å². The third kappa shape index (κ3) is 2.25. The Kier molecular flexibility index (Phi) is 2.95. The van der Waals surface area contributed by atoms with Gasteiger partial charge in [0.1, 0.15) is 11.5 Å². The lowest BCUT2D eigenvalue weighted by molar-refractivity contribution is 0.0696. The number of benzene rings is 2. The molecule has 0 bridgehead atoms. The van der Waals surface area contributed by atoms with E-state index in [1.165, 1.54) is 6.07 Å². The normalized spacial score (nSPS) is 12.2. The van der Waals surface area contributed by atoms with Crippen molar-refractivity contribution in [2.75, 3.05) is 6.79 Å². The minimum Gasteiger partial charge on any atom is -0.478 e. The van der Waals surface area contributed by atoms with Crippen molar-refractivity contribution in [3.63, 3.8) is 0 Å². The van der Waals surface area contributed by atoms with Gasteiger partial charge in [0, 0.05) is 6.07 Å². The molecule has 0 aromatic heterocycles. The zero-order chi connectivity index (χ0) is 14.1. The van der Waals surface area contributed by atoms with E-state index in [0.717, 1.165) is 5.56 Å². The Labute approximate surface area is 115 Å². The summed E-state index contributed by atoms with van der Waals surface area (Å²) in [5.74, 6) is 1.38. The summed E-state index contributed by atoms with van der Waals surface area (Å²) in [5.41, 5.74) is 1.04. The minimum atomic E-state index is -0.986. The highest BCUT2D eigenvalue weighted by Gasteiger charge is 2.15. The predicted molar refractivity (Wildman–Crippen MR) is 70.8 cm³/mol. The molecule has 1 aliphatic rings. The van der Waals surface area contributed by atoms with Crippen LogP contribution in [0.15, 0.2) is 36.4 Å². The van der Waals surface area contributed by atoms with E-state index in [0.29, 0.717) is 23.0 Å². The van der Waals surface area contributed by atoms with Crippen molar-refractivity contribution in [2.24, 2.45) is 0 Å². The number of hydrogen-bond acceptors (Lipinski definition) is 4. The fraction of sp³-hybridized carbons (Fsp3) is 0.133. The van der Waals surface area contributed by atoms with Crippen LogP contribution in [0, 0.1) is 6.92 Å². The average Bonchev–Trinajstić information content (AvgIpc) is 2.88. The molecule has 3 rings (SSSR count). The summed E-state index contributed by atoms with van der Waals surface area (Å²) in [4.78, 5) is 11.0. The number of aryl methyl sites for hydroxylation is 1. The van der Waals surface area contributed by atoms with Crippen LogP contribution in [0.1, 0.15) is 15.9 Å². The van der Waals surface area contributed by atoms with Crippen LogP contribution in [0.3, 0.4) is 0 Å². The Balaban J connectivity index is 1.91. The Morgan fingerprint density at radius 1 is 1.15 bits per heavy atom. The van der Waals surface area contributed by atoms with Crippen LogP contribution in [0.2, 0.25) is 0 Å². The van der Waals surface area contributed by atoms with Crippen molar-refractivity contribution in [1.29, 1.82) is 0 Å². The molecule has 5 heteroatoms. The number of rotatable bonds is 3.